The first-order valence-electron chi connectivity index (χ1n) is 30.4. The molecule has 3 atom stereocenters. The van der Waals surface area contributed by atoms with Crippen molar-refractivity contribution in [3.05, 3.63) is 122 Å². The van der Waals surface area contributed by atoms with Gasteiger partial charge in [-0.05, 0) is 109 Å². The molecule has 0 saturated heterocycles. The molecule has 0 aromatic rings. The number of phosphoric ester groups is 1. The van der Waals surface area contributed by atoms with Crippen molar-refractivity contribution in [2.45, 2.75) is 251 Å². The molecule has 2 N–H and O–H groups in total. The summed E-state index contributed by atoms with van der Waals surface area (Å²) in [5.74, 6) is -1.64. The predicted octanol–water partition coefficient (Wildman–Crippen LogP) is 18.4. The highest BCUT2D eigenvalue weighted by molar-refractivity contribution is 7.47. The molecule has 11 nitrogen and oxygen atoms in total. The van der Waals surface area contributed by atoms with Gasteiger partial charge in [-0.1, -0.05) is 232 Å². The van der Waals surface area contributed by atoms with Crippen molar-refractivity contribution in [3.63, 3.8) is 0 Å². The molecule has 0 amide bonds. The highest BCUT2D eigenvalue weighted by atomic mass is 31.2. The molecule has 0 aromatic heterocycles. The first kappa shape index (κ1) is 73.9. The second-order valence-electron chi connectivity index (χ2n) is 19.8. The van der Waals surface area contributed by atoms with E-state index >= 15 is 0 Å². The number of rotatable bonds is 55. The fourth-order valence-corrected chi connectivity index (χ4v) is 8.61. The lowest BCUT2D eigenvalue weighted by Crippen LogP contribution is -2.30. The number of carbonyl (C=O) groups excluding carboxylic acids is 3. The van der Waals surface area contributed by atoms with Gasteiger partial charge in [0, 0.05) is 12.8 Å². The van der Waals surface area contributed by atoms with Gasteiger partial charge in [-0.25, -0.2) is 4.57 Å². The second kappa shape index (κ2) is 59.0. The van der Waals surface area contributed by atoms with Gasteiger partial charge in [-0.15, -0.1) is 0 Å². The van der Waals surface area contributed by atoms with Crippen molar-refractivity contribution in [2.24, 2.45) is 0 Å². The number of carbonyl (C=O) groups is 3. The lowest BCUT2D eigenvalue weighted by Gasteiger charge is -2.21. The Morgan fingerprint density at radius 2 is 0.705 bits per heavy atom. The lowest BCUT2D eigenvalue weighted by atomic mass is 10.1. The minimum Gasteiger partial charge on any atom is -0.461 e. The SMILES string of the molecule is CC/C=C\C/C=C\C/C=C\C/C=C\C/C=C\CC(=O)OCC(COP(=O)(O)OCC(CO)OC(=O)CCCCCCCCC/C=C\C/C=C\C/C=C\CC)OC(=O)CCCCCCCCCCC/C=C\C/C=C\CCCCC. The first-order valence-corrected chi connectivity index (χ1v) is 31.9. The topological polar surface area (TPSA) is 155 Å². The average molecular weight is 1110 g/mol. The van der Waals surface area contributed by atoms with E-state index in [4.69, 9.17) is 23.3 Å². The third kappa shape index (κ3) is 56.6. The number of allylic oxidation sites excluding steroid dienone is 19. The second-order valence-corrected chi connectivity index (χ2v) is 21.2. The number of phosphoric acid groups is 1. The molecule has 0 aliphatic carbocycles. The van der Waals surface area contributed by atoms with E-state index in [1.807, 2.05) is 12.2 Å². The molecule has 0 saturated carbocycles. The van der Waals surface area contributed by atoms with Gasteiger partial charge in [-0.3, -0.25) is 23.4 Å². The third-order valence-electron chi connectivity index (χ3n) is 12.4. The summed E-state index contributed by atoms with van der Waals surface area (Å²) in [6, 6.07) is 0. The van der Waals surface area contributed by atoms with Crippen LogP contribution >= 0.6 is 7.82 Å². The van der Waals surface area contributed by atoms with Crippen LogP contribution in [-0.4, -0.2) is 66.5 Å². The Labute approximate surface area is 475 Å². The molecule has 12 heteroatoms. The smallest absolute Gasteiger partial charge is 0.461 e. The number of aliphatic hydroxyl groups is 1. The van der Waals surface area contributed by atoms with E-state index in [0.29, 0.717) is 19.3 Å². The Morgan fingerprint density at radius 3 is 1.09 bits per heavy atom. The van der Waals surface area contributed by atoms with E-state index in [0.717, 1.165) is 122 Å². The Balaban J connectivity index is 4.81. The van der Waals surface area contributed by atoms with Crippen molar-refractivity contribution < 1.29 is 52.2 Å². The van der Waals surface area contributed by atoms with Crippen LogP contribution in [0.5, 0.6) is 0 Å². The van der Waals surface area contributed by atoms with Gasteiger partial charge < -0.3 is 24.2 Å². The molecule has 0 fully saturated rings. The summed E-state index contributed by atoms with van der Waals surface area (Å²) in [6.45, 7) is 4.27. The largest absolute Gasteiger partial charge is 0.472 e. The maximum absolute atomic E-state index is 12.9. The summed E-state index contributed by atoms with van der Waals surface area (Å²) in [5.41, 5.74) is 0. The normalized spacial score (nSPS) is 14.2. The fraction of sp³-hybridized carbons (Fsp3) is 0.652. The molecule has 78 heavy (non-hydrogen) atoms. The van der Waals surface area contributed by atoms with Crippen LogP contribution < -0.4 is 0 Å². The number of aliphatic hydroxyl groups excluding tert-OH is 1. The molecule has 0 spiro atoms. The molecule has 0 aliphatic rings. The van der Waals surface area contributed by atoms with Gasteiger partial charge in [0.15, 0.2) is 6.10 Å². The van der Waals surface area contributed by atoms with E-state index in [-0.39, 0.29) is 19.3 Å². The number of ether oxygens (including phenoxy) is 3. The molecule has 0 bridgehead atoms. The Hall–Kier alpha value is -4.12. The lowest BCUT2D eigenvalue weighted by molar-refractivity contribution is -0.161. The van der Waals surface area contributed by atoms with Gasteiger partial charge in [-0.2, -0.15) is 0 Å². The molecular formula is C66H109O11P. The van der Waals surface area contributed by atoms with Crippen molar-refractivity contribution in [2.75, 3.05) is 26.4 Å². The van der Waals surface area contributed by atoms with E-state index in [2.05, 4.69) is 124 Å². The third-order valence-corrected chi connectivity index (χ3v) is 13.3. The summed E-state index contributed by atoms with van der Waals surface area (Å²) in [7, 11) is -4.78. The summed E-state index contributed by atoms with van der Waals surface area (Å²) in [5, 5.41) is 9.84. The molecule has 0 heterocycles. The molecular weight excluding hydrogens is 1000 g/mol. The number of esters is 3. The molecule has 0 rings (SSSR count). The maximum Gasteiger partial charge on any atom is 0.472 e. The predicted molar refractivity (Wildman–Crippen MR) is 325 cm³/mol. The fourth-order valence-electron chi connectivity index (χ4n) is 7.83. The first-order chi connectivity index (χ1) is 38.2. The number of hydrogen-bond donors (Lipinski definition) is 2. The maximum atomic E-state index is 12.9. The van der Waals surface area contributed by atoms with Crippen molar-refractivity contribution >= 4 is 25.7 Å². The molecule has 0 aromatic carbocycles. The summed E-state index contributed by atoms with van der Waals surface area (Å²) in [6.07, 6.45) is 73.2. The number of hydrogen-bond acceptors (Lipinski definition) is 10. The minimum atomic E-state index is -4.78. The minimum absolute atomic E-state index is 0.0122. The van der Waals surface area contributed by atoms with Gasteiger partial charge in [0.05, 0.1) is 26.2 Å². The van der Waals surface area contributed by atoms with Crippen molar-refractivity contribution in [1.29, 1.82) is 0 Å². The van der Waals surface area contributed by atoms with Gasteiger partial charge in [0.1, 0.15) is 12.7 Å². The van der Waals surface area contributed by atoms with Crippen LogP contribution in [0, 0.1) is 0 Å². The summed E-state index contributed by atoms with van der Waals surface area (Å²) in [4.78, 5) is 48.6. The van der Waals surface area contributed by atoms with Crippen molar-refractivity contribution in [3.8, 4) is 0 Å². The monoisotopic (exact) mass is 1110 g/mol. The highest BCUT2D eigenvalue weighted by Crippen LogP contribution is 2.43. The van der Waals surface area contributed by atoms with Gasteiger partial charge in [0.25, 0.3) is 0 Å². The van der Waals surface area contributed by atoms with Crippen LogP contribution in [-0.2, 0) is 42.2 Å². The zero-order valence-electron chi connectivity index (χ0n) is 49.1. The van der Waals surface area contributed by atoms with E-state index in [1.165, 1.54) is 57.8 Å². The number of unbranched alkanes of at least 4 members (excludes halogenated alkanes) is 19. The molecule has 3 unspecified atom stereocenters. The van der Waals surface area contributed by atoms with Crippen LogP contribution in [0.2, 0.25) is 0 Å². The standard InChI is InChI=1S/C66H109O11P/c1-4-7-10-13-16-19-22-25-28-30-31-33-36-39-42-45-48-51-54-57-66(70)77-63(59-73-64(68)55-52-49-46-43-40-37-34-27-24-21-18-15-12-9-6-3)61-75-78(71,72)74-60-62(58-67)76-65(69)56-53-50-47-44-41-38-35-32-29-26-23-20-17-14-11-8-5-2/h8-9,11-12,16-21,25-29,34,40,43,49,52,62-63,67H,4-7,10,13-15,22-24,30-33,35-39,41-42,44-48,50-51,53-61H2,1-3H3,(H,71,72)/b11-8-,12-9-,19-16-,20-17-,21-18-,28-25-,29-26-,34-27-,43-40-,52-49-. The van der Waals surface area contributed by atoms with Gasteiger partial charge >= 0.3 is 25.7 Å². The highest BCUT2D eigenvalue weighted by Gasteiger charge is 2.28. The quantitative estimate of drug-likeness (QED) is 0.0197. The Morgan fingerprint density at radius 1 is 0.385 bits per heavy atom. The Kier molecular flexibility index (Phi) is 55.9. The van der Waals surface area contributed by atoms with Crippen LogP contribution in [0.1, 0.15) is 239 Å². The molecule has 444 valence electrons. The van der Waals surface area contributed by atoms with Gasteiger partial charge in [0.2, 0.25) is 0 Å². The van der Waals surface area contributed by atoms with Crippen LogP contribution in [0.15, 0.2) is 122 Å². The molecule has 0 radical (unpaired) electrons. The van der Waals surface area contributed by atoms with E-state index < -0.39 is 64.4 Å². The van der Waals surface area contributed by atoms with E-state index in [9.17, 15) is 28.9 Å². The summed E-state index contributed by atoms with van der Waals surface area (Å²) >= 11 is 0. The van der Waals surface area contributed by atoms with Crippen LogP contribution in [0.3, 0.4) is 0 Å². The van der Waals surface area contributed by atoms with Crippen LogP contribution in [0.4, 0.5) is 0 Å². The zero-order valence-corrected chi connectivity index (χ0v) is 50.0. The summed E-state index contributed by atoms with van der Waals surface area (Å²) < 4.78 is 39.5. The zero-order chi connectivity index (χ0) is 56.9. The van der Waals surface area contributed by atoms with E-state index in [1.54, 1.807) is 6.08 Å². The van der Waals surface area contributed by atoms with Crippen molar-refractivity contribution in [1.82, 2.24) is 0 Å². The average Bonchev–Trinajstić information content (AvgIpc) is 3.43. The van der Waals surface area contributed by atoms with Crippen LogP contribution in [0.25, 0.3) is 0 Å². The molecule has 0 aliphatic heterocycles. The Bertz CT molecular complexity index is 1770.